The number of benzene rings is 2. The zero-order valence-electron chi connectivity index (χ0n) is 13.9. The number of rotatable bonds is 7. The number of carbonyl (C=O) groups excluding carboxylic acids is 1. The van der Waals surface area contributed by atoms with Crippen LogP contribution in [-0.4, -0.2) is 38.8 Å². The van der Waals surface area contributed by atoms with Crippen LogP contribution in [0.1, 0.15) is 15.9 Å². The number of anilines is 1. The number of hydrogen-bond acceptors (Lipinski definition) is 4. The third-order valence-corrected chi connectivity index (χ3v) is 5.56. The Morgan fingerprint density at radius 2 is 1.81 bits per heavy atom. The molecule has 0 aliphatic heterocycles. The average Bonchev–Trinajstić information content (AvgIpc) is 2.60. The molecule has 0 heterocycles. The van der Waals surface area contributed by atoms with E-state index in [-0.39, 0.29) is 25.6 Å². The molecule has 6 nitrogen and oxygen atoms in total. The van der Waals surface area contributed by atoms with Crippen molar-refractivity contribution < 1.29 is 18.3 Å². The Hall–Kier alpha value is -1.80. The molecule has 0 unspecified atom stereocenters. The van der Waals surface area contributed by atoms with Gasteiger partial charge in [-0.1, -0.05) is 35.3 Å². The monoisotopic (exact) mass is 416 g/mol. The minimum Gasteiger partial charge on any atom is -0.395 e. The molecule has 0 radical (unpaired) electrons. The molecule has 0 fully saturated rings. The second-order valence-electron chi connectivity index (χ2n) is 5.51. The van der Waals surface area contributed by atoms with E-state index in [0.717, 1.165) is 6.26 Å². The third-order valence-electron chi connectivity index (χ3n) is 3.56. The lowest BCUT2D eigenvalue weighted by Gasteiger charge is -2.23. The van der Waals surface area contributed by atoms with Crippen LogP contribution in [0.15, 0.2) is 42.5 Å². The van der Waals surface area contributed by atoms with E-state index < -0.39 is 10.0 Å². The number of amides is 1. The molecule has 0 saturated heterocycles. The van der Waals surface area contributed by atoms with Gasteiger partial charge in [-0.2, -0.15) is 0 Å². The lowest BCUT2D eigenvalue weighted by molar-refractivity contribution is 0.0945. The molecule has 0 bridgehead atoms. The molecule has 2 aromatic rings. The summed E-state index contributed by atoms with van der Waals surface area (Å²) in [5, 5.41) is 11.9. The molecule has 2 N–H and O–H groups in total. The van der Waals surface area contributed by atoms with Gasteiger partial charge in [-0.3, -0.25) is 9.10 Å². The van der Waals surface area contributed by atoms with Crippen LogP contribution in [0.3, 0.4) is 0 Å². The summed E-state index contributed by atoms with van der Waals surface area (Å²) in [5.74, 6) is -0.352. The van der Waals surface area contributed by atoms with Gasteiger partial charge in [0, 0.05) is 12.1 Å². The van der Waals surface area contributed by atoms with Crippen LogP contribution in [0.4, 0.5) is 5.69 Å². The zero-order chi connectivity index (χ0) is 19.3. The van der Waals surface area contributed by atoms with E-state index in [1.54, 1.807) is 18.2 Å². The molecule has 2 rings (SSSR count). The quantitative estimate of drug-likeness (QED) is 0.726. The number of sulfonamides is 1. The number of nitrogens with one attached hydrogen (secondary N) is 1. The Morgan fingerprint density at radius 1 is 1.15 bits per heavy atom. The zero-order valence-corrected chi connectivity index (χ0v) is 16.3. The predicted molar refractivity (Wildman–Crippen MR) is 103 cm³/mol. The normalized spacial score (nSPS) is 11.2. The first-order valence-corrected chi connectivity index (χ1v) is 10.2. The van der Waals surface area contributed by atoms with Crippen molar-refractivity contribution in [3.05, 3.63) is 63.6 Å². The van der Waals surface area contributed by atoms with Gasteiger partial charge in [-0.05, 0) is 35.9 Å². The Morgan fingerprint density at radius 3 is 2.38 bits per heavy atom. The second-order valence-corrected chi connectivity index (χ2v) is 8.20. The summed E-state index contributed by atoms with van der Waals surface area (Å²) in [7, 11) is -3.60. The van der Waals surface area contributed by atoms with E-state index in [1.807, 2.05) is 0 Å². The first kappa shape index (κ1) is 20.5. The van der Waals surface area contributed by atoms with Crippen LogP contribution < -0.4 is 9.62 Å². The minimum atomic E-state index is -3.60. The number of carbonyl (C=O) groups is 1. The van der Waals surface area contributed by atoms with E-state index in [9.17, 15) is 13.2 Å². The molecular weight excluding hydrogens is 399 g/mol. The smallest absolute Gasteiger partial charge is 0.251 e. The SMILES string of the molecule is CS(=O)(=O)N(Cc1cccc(Cl)c1Cl)c1ccc(C(=O)NCCO)cc1. The van der Waals surface area contributed by atoms with Gasteiger partial charge >= 0.3 is 0 Å². The summed E-state index contributed by atoms with van der Waals surface area (Å²) < 4.78 is 25.7. The van der Waals surface area contributed by atoms with Crippen molar-refractivity contribution in [2.45, 2.75) is 6.54 Å². The molecule has 1 amide bonds. The van der Waals surface area contributed by atoms with Crippen LogP contribution >= 0.6 is 23.2 Å². The molecule has 26 heavy (non-hydrogen) atoms. The molecule has 2 aromatic carbocycles. The fourth-order valence-corrected chi connectivity index (χ4v) is 3.53. The highest BCUT2D eigenvalue weighted by Crippen LogP contribution is 2.29. The second kappa shape index (κ2) is 8.73. The van der Waals surface area contributed by atoms with Crippen molar-refractivity contribution in [3.63, 3.8) is 0 Å². The lowest BCUT2D eigenvalue weighted by atomic mass is 10.1. The van der Waals surface area contributed by atoms with Crippen molar-refractivity contribution in [1.29, 1.82) is 0 Å². The maximum atomic E-state index is 12.2. The Balaban J connectivity index is 2.30. The molecule has 0 aliphatic carbocycles. The van der Waals surface area contributed by atoms with Gasteiger partial charge in [0.1, 0.15) is 0 Å². The fourth-order valence-electron chi connectivity index (χ4n) is 2.28. The number of halogens is 2. The molecule has 0 aliphatic rings. The first-order valence-electron chi connectivity index (χ1n) is 7.63. The van der Waals surface area contributed by atoms with Crippen LogP contribution in [0.2, 0.25) is 10.0 Å². The highest BCUT2D eigenvalue weighted by molar-refractivity contribution is 7.92. The number of nitrogens with zero attached hydrogens (tertiary/aromatic N) is 1. The number of hydrogen-bond donors (Lipinski definition) is 2. The molecule has 0 atom stereocenters. The summed E-state index contributed by atoms with van der Waals surface area (Å²) in [4.78, 5) is 11.9. The summed E-state index contributed by atoms with van der Waals surface area (Å²) in [6.45, 7) is -0.0102. The van der Waals surface area contributed by atoms with E-state index in [0.29, 0.717) is 26.9 Å². The average molecular weight is 417 g/mol. The van der Waals surface area contributed by atoms with Crippen molar-refractivity contribution in [2.75, 3.05) is 23.7 Å². The molecule has 140 valence electrons. The van der Waals surface area contributed by atoms with E-state index in [1.165, 1.54) is 28.6 Å². The molecule has 0 aromatic heterocycles. The third kappa shape index (κ3) is 5.11. The summed E-state index contributed by atoms with van der Waals surface area (Å²) >= 11 is 12.2. The first-order chi connectivity index (χ1) is 12.2. The maximum Gasteiger partial charge on any atom is 0.251 e. The molecule has 9 heteroatoms. The fraction of sp³-hybridized carbons (Fsp3) is 0.235. The van der Waals surface area contributed by atoms with Crippen LogP contribution in [0, 0.1) is 0 Å². The van der Waals surface area contributed by atoms with Crippen LogP contribution in [0.5, 0.6) is 0 Å². The van der Waals surface area contributed by atoms with E-state index in [2.05, 4.69) is 5.32 Å². The standard InChI is InChI=1S/C17H18Cl2N2O4S/c1-26(24,25)21(11-13-3-2-4-15(18)16(13)19)14-7-5-12(6-8-14)17(23)20-9-10-22/h2-8,22H,9-11H2,1H3,(H,20,23). The molecule has 0 saturated carbocycles. The van der Waals surface area contributed by atoms with Crippen molar-refractivity contribution in [1.82, 2.24) is 5.32 Å². The Bertz CT molecular complexity index is 886. The van der Waals surface area contributed by atoms with Crippen molar-refractivity contribution in [2.24, 2.45) is 0 Å². The van der Waals surface area contributed by atoms with E-state index >= 15 is 0 Å². The highest BCUT2D eigenvalue weighted by Gasteiger charge is 2.20. The molecular formula is C17H18Cl2N2O4S. The summed E-state index contributed by atoms with van der Waals surface area (Å²) in [6, 6.07) is 11.1. The maximum absolute atomic E-state index is 12.2. The predicted octanol–water partition coefficient (Wildman–Crippen LogP) is 2.68. The highest BCUT2D eigenvalue weighted by atomic mass is 35.5. The van der Waals surface area contributed by atoms with Crippen LogP contribution in [-0.2, 0) is 16.6 Å². The van der Waals surface area contributed by atoms with Gasteiger partial charge in [0.25, 0.3) is 5.91 Å². The van der Waals surface area contributed by atoms with Gasteiger partial charge in [0.2, 0.25) is 10.0 Å². The number of aliphatic hydroxyl groups is 1. The van der Waals surface area contributed by atoms with Crippen molar-refractivity contribution >= 4 is 44.8 Å². The largest absolute Gasteiger partial charge is 0.395 e. The van der Waals surface area contributed by atoms with Gasteiger partial charge in [-0.15, -0.1) is 0 Å². The summed E-state index contributed by atoms with van der Waals surface area (Å²) in [5.41, 5.74) is 1.31. The van der Waals surface area contributed by atoms with E-state index in [4.69, 9.17) is 28.3 Å². The number of aliphatic hydroxyl groups excluding tert-OH is 1. The topological polar surface area (TPSA) is 86.7 Å². The van der Waals surface area contributed by atoms with Crippen LogP contribution in [0.25, 0.3) is 0 Å². The van der Waals surface area contributed by atoms with Gasteiger partial charge in [0.15, 0.2) is 0 Å². The lowest BCUT2D eigenvalue weighted by Crippen LogP contribution is -2.30. The van der Waals surface area contributed by atoms with Gasteiger partial charge in [0.05, 0.1) is 35.1 Å². The summed E-state index contributed by atoms with van der Waals surface area (Å²) in [6.07, 6.45) is 1.09. The van der Waals surface area contributed by atoms with Crippen molar-refractivity contribution in [3.8, 4) is 0 Å². The minimum absolute atomic E-state index is 0.00822. The van der Waals surface area contributed by atoms with Gasteiger partial charge in [-0.25, -0.2) is 8.42 Å². The molecule has 0 spiro atoms. The van der Waals surface area contributed by atoms with Gasteiger partial charge < -0.3 is 10.4 Å². The Labute approximate surface area is 162 Å². The Kier molecular flexibility index (Phi) is 6.88.